The van der Waals surface area contributed by atoms with E-state index in [4.69, 9.17) is 0 Å². The topological polar surface area (TPSA) is 46.4 Å². The van der Waals surface area contributed by atoms with E-state index in [1.807, 2.05) is 6.07 Å². The average Bonchev–Trinajstić information content (AvgIpc) is 2.28. The lowest BCUT2D eigenvalue weighted by Gasteiger charge is -2.28. The van der Waals surface area contributed by atoms with E-state index in [9.17, 15) is 10.1 Å². The standard InChI is InChI=1S/C12H16N2O2/c1-2-6-13-7-5-10-3-4-12(14(15)16)8-11(10)9-13/h3-4,8H,2,5-7,9H2,1H3. The van der Waals surface area contributed by atoms with E-state index in [-0.39, 0.29) is 10.6 Å². The third kappa shape index (κ3) is 2.22. The van der Waals surface area contributed by atoms with Crippen molar-refractivity contribution < 1.29 is 4.92 Å². The SMILES string of the molecule is CCCN1CCc2ccc([N+](=O)[O-])cc2C1. The maximum absolute atomic E-state index is 10.7. The van der Waals surface area contributed by atoms with Crippen LogP contribution in [0.4, 0.5) is 5.69 Å². The number of non-ortho nitro benzene ring substituents is 1. The first-order valence-electron chi connectivity index (χ1n) is 5.69. The fourth-order valence-electron chi connectivity index (χ4n) is 2.22. The predicted molar refractivity (Wildman–Crippen MR) is 62.4 cm³/mol. The van der Waals surface area contributed by atoms with Gasteiger partial charge in [0.1, 0.15) is 0 Å². The maximum atomic E-state index is 10.7. The van der Waals surface area contributed by atoms with Gasteiger partial charge in [-0.25, -0.2) is 0 Å². The highest BCUT2D eigenvalue weighted by Crippen LogP contribution is 2.23. The molecule has 1 aromatic carbocycles. The zero-order valence-electron chi connectivity index (χ0n) is 9.48. The third-order valence-electron chi connectivity index (χ3n) is 3.03. The van der Waals surface area contributed by atoms with Gasteiger partial charge >= 0.3 is 0 Å². The summed E-state index contributed by atoms with van der Waals surface area (Å²) >= 11 is 0. The summed E-state index contributed by atoms with van der Waals surface area (Å²) in [6, 6.07) is 5.22. The number of nitrogens with zero attached hydrogens (tertiary/aromatic N) is 2. The van der Waals surface area contributed by atoms with Crippen molar-refractivity contribution in [3.8, 4) is 0 Å². The zero-order valence-corrected chi connectivity index (χ0v) is 9.48. The summed E-state index contributed by atoms with van der Waals surface area (Å²) in [6.07, 6.45) is 2.14. The van der Waals surface area contributed by atoms with Crippen LogP contribution in [0.3, 0.4) is 0 Å². The molecule has 4 nitrogen and oxygen atoms in total. The Kier molecular flexibility index (Phi) is 3.19. The molecule has 0 aromatic heterocycles. The number of rotatable bonds is 3. The van der Waals surface area contributed by atoms with Crippen LogP contribution in [0.15, 0.2) is 18.2 Å². The molecule has 4 heteroatoms. The predicted octanol–water partition coefficient (Wildman–Crippen LogP) is 2.36. The molecule has 0 radical (unpaired) electrons. The van der Waals surface area contributed by atoms with Gasteiger partial charge in [-0.2, -0.15) is 0 Å². The lowest BCUT2D eigenvalue weighted by molar-refractivity contribution is -0.385. The highest BCUT2D eigenvalue weighted by Gasteiger charge is 2.18. The molecular formula is C12H16N2O2. The molecule has 0 N–H and O–H groups in total. The van der Waals surface area contributed by atoms with Crippen LogP contribution in [0.5, 0.6) is 0 Å². The molecule has 0 bridgehead atoms. The van der Waals surface area contributed by atoms with Crippen molar-refractivity contribution in [3.63, 3.8) is 0 Å². The minimum Gasteiger partial charge on any atom is -0.299 e. The number of hydrogen-bond donors (Lipinski definition) is 0. The van der Waals surface area contributed by atoms with E-state index in [0.29, 0.717) is 0 Å². The van der Waals surface area contributed by atoms with Gasteiger partial charge in [-0.3, -0.25) is 15.0 Å². The third-order valence-corrected chi connectivity index (χ3v) is 3.03. The van der Waals surface area contributed by atoms with Crippen molar-refractivity contribution in [3.05, 3.63) is 39.4 Å². The molecule has 86 valence electrons. The molecule has 16 heavy (non-hydrogen) atoms. The fraction of sp³-hybridized carbons (Fsp3) is 0.500. The van der Waals surface area contributed by atoms with Crippen LogP contribution < -0.4 is 0 Å². The van der Waals surface area contributed by atoms with Crippen LogP contribution in [0.25, 0.3) is 0 Å². The fourth-order valence-corrected chi connectivity index (χ4v) is 2.22. The van der Waals surface area contributed by atoms with Crippen LogP contribution >= 0.6 is 0 Å². The first kappa shape index (κ1) is 11.1. The van der Waals surface area contributed by atoms with Crippen LogP contribution in [-0.4, -0.2) is 22.9 Å². The molecule has 2 rings (SSSR count). The Morgan fingerprint density at radius 2 is 2.25 bits per heavy atom. The molecule has 0 saturated heterocycles. The molecule has 0 fully saturated rings. The van der Waals surface area contributed by atoms with Crippen molar-refractivity contribution in [2.75, 3.05) is 13.1 Å². The van der Waals surface area contributed by atoms with Crippen LogP contribution in [0, 0.1) is 10.1 Å². The van der Waals surface area contributed by atoms with E-state index >= 15 is 0 Å². The van der Waals surface area contributed by atoms with Crippen LogP contribution in [0.1, 0.15) is 24.5 Å². The van der Waals surface area contributed by atoms with E-state index in [1.165, 1.54) is 5.56 Å². The number of hydrogen-bond acceptors (Lipinski definition) is 3. The summed E-state index contributed by atoms with van der Waals surface area (Å²) < 4.78 is 0. The summed E-state index contributed by atoms with van der Waals surface area (Å²) in [5.41, 5.74) is 2.59. The van der Waals surface area contributed by atoms with E-state index in [1.54, 1.807) is 12.1 Å². The molecule has 1 heterocycles. The first-order valence-corrected chi connectivity index (χ1v) is 5.69. The minimum absolute atomic E-state index is 0.206. The largest absolute Gasteiger partial charge is 0.299 e. The Bertz CT molecular complexity index is 404. The Hall–Kier alpha value is -1.42. The van der Waals surface area contributed by atoms with Gasteiger partial charge in [-0.15, -0.1) is 0 Å². The Morgan fingerprint density at radius 3 is 2.94 bits per heavy atom. The van der Waals surface area contributed by atoms with Crippen LogP contribution in [0.2, 0.25) is 0 Å². The summed E-state index contributed by atoms with van der Waals surface area (Å²) in [7, 11) is 0. The second-order valence-electron chi connectivity index (χ2n) is 4.24. The van der Waals surface area contributed by atoms with Gasteiger partial charge in [0.15, 0.2) is 0 Å². The van der Waals surface area contributed by atoms with Gasteiger partial charge in [0.25, 0.3) is 5.69 Å². The second-order valence-corrected chi connectivity index (χ2v) is 4.24. The number of nitro benzene ring substituents is 1. The molecule has 1 aliphatic heterocycles. The zero-order chi connectivity index (χ0) is 11.5. The quantitative estimate of drug-likeness (QED) is 0.580. The molecule has 0 unspecified atom stereocenters. The molecule has 0 amide bonds. The molecule has 0 saturated carbocycles. The monoisotopic (exact) mass is 220 g/mol. The van der Waals surface area contributed by atoms with Crippen molar-refractivity contribution >= 4 is 5.69 Å². The van der Waals surface area contributed by atoms with Crippen molar-refractivity contribution in [2.24, 2.45) is 0 Å². The van der Waals surface area contributed by atoms with Gasteiger partial charge < -0.3 is 0 Å². The van der Waals surface area contributed by atoms with Gasteiger partial charge in [-0.1, -0.05) is 13.0 Å². The minimum atomic E-state index is -0.320. The van der Waals surface area contributed by atoms with Gasteiger partial charge in [-0.05, 0) is 30.5 Å². The van der Waals surface area contributed by atoms with Crippen LogP contribution in [-0.2, 0) is 13.0 Å². The number of fused-ring (bicyclic) bond motifs is 1. The summed E-state index contributed by atoms with van der Waals surface area (Å²) in [5.74, 6) is 0. The smallest absolute Gasteiger partial charge is 0.269 e. The van der Waals surface area contributed by atoms with E-state index < -0.39 is 0 Å². The van der Waals surface area contributed by atoms with E-state index in [2.05, 4.69) is 11.8 Å². The normalized spacial score (nSPS) is 15.8. The average molecular weight is 220 g/mol. The van der Waals surface area contributed by atoms with Gasteiger partial charge in [0.2, 0.25) is 0 Å². The Balaban J connectivity index is 2.21. The molecule has 0 aliphatic carbocycles. The van der Waals surface area contributed by atoms with Crippen molar-refractivity contribution in [1.29, 1.82) is 0 Å². The molecular weight excluding hydrogens is 204 g/mol. The molecule has 0 spiro atoms. The second kappa shape index (κ2) is 4.61. The Labute approximate surface area is 95.0 Å². The summed E-state index contributed by atoms with van der Waals surface area (Å²) in [5, 5.41) is 10.7. The Morgan fingerprint density at radius 1 is 1.44 bits per heavy atom. The highest BCUT2D eigenvalue weighted by molar-refractivity contribution is 5.40. The number of nitro groups is 1. The molecule has 1 aliphatic rings. The van der Waals surface area contributed by atoms with Gasteiger partial charge in [0.05, 0.1) is 4.92 Å². The lowest BCUT2D eigenvalue weighted by atomic mass is 9.99. The highest BCUT2D eigenvalue weighted by atomic mass is 16.6. The van der Waals surface area contributed by atoms with Gasteiger partial charge in [0, 0.05) is 25.2 Å². The summed E-state index contributed by atoms with van der Waals surface area (Å²) in [4.78, 5) is 12.7. The molecule has 1 aromatic rings. The number of benzene rings is 1. The van der Waals surface area contributed by atoms with Crippen molar-refractivity contribution in [1.82, 2.24) is 4.90 Å². The maximum Gasteiger partial charge on any atom is 0.269 e. The lowest BCUT2D eigenvalue weighted by Crippen LogP contribution is -2.31. The van der Waals surface area contributed by atoms with E-state index in [0.717, 1.165) is 38.0 Å². The molecule has 0 atom stereocenters. The summed E-state index contributed by atoms with van der Waals surface area (Å²) in [6.45, 7) is 5.15. The first-order chi connectivity index (χ1) is 7.70. The van der Waals surface area contributed by atoms with Crippen molar-refractivity contribution in [2.45, 2.75) is 26.3 Å².